The highest BCUT2D eigenvalue weighted by Gasteiger charge is 2.16. The van der Waals surface area contributed by atoms with Crippen molar-refractivity contribution in [2.45, 2.75) is 39.3 Å². The number of halogens is 2. The van der Waals surface area contributed by atoms with Gasteiger partial charge in [0.2, 0.25) is 0 Å². The van der Waals surface area contributed by atoms with E-state index in [0.717, 1.165) is 5.56 Å². The molecule has 0 aromatic heterocycles. The minimum Gasteiger partial charge on any atom is -0.305 e. The molecular weight excluding hydrogens is 229 g/mol. The van der Waals surface area contributed by atoms with Crippen LogP contribution in [0.4, 0.5) is 0 Å². The zero-order chi connectivity index (χ0) is 11.6. The number of benzene rings is 1. The molecule has 0 heterocycles. The van der Waals surface area contributed by atoms with Gasteiger partial charge in [-0.05, 0) is 45.4 Å². The normalized spacial score (nSPS) is 14.0. The van der Waals surface area contributed by atoms with Crippen LogP contribution in [0.5, 0.6) is 0 Å². The molecule has 0 spiro atoms. The predicted molar refractivity (Wildman–Crippen MR) is 67.8 cm³/mol. The average Bonchev–Trinajstić information content (AvgIpc) is 1.99. The van der Waals surface area contributed by atoms with Crippen LogP contribution in [0.2, 0.25) is 10.0 Å². The van der Waals surface area contributed by atoms with Crippen LogP contribution in [-0.4, -0.2) is 5.54 Å². The lowest BCUT2D eigenvalue weighted by atomic mass is 10.0. The van der Waals surface area contributed by atoms with E-state index in [-0.39, 0.29) is 11.6 Å². The zero-order valence-corrected chi connectivity index (χ0v) is 11.1. The Bertz CT molecular complexity index is 342. The highest BCUT2D eigenvalue weighted by Crippen LogP contribution is 2.27. The molecule has 0 aliphatic rings. The molecule has 1 rings (SSSR count). The van der Waals surface area contributed by atoms with Crippen molar-refractivity contribution >= 4 is 23.2 Å². The fourth-order valence-electron chi connectivity index (χ4n) is 1.58. The first-order valence-corrected chi connectivity index (χ1v) is 5.78. The molecule has 0 amide bonds. The van der Waals surface area contributed by atoms with Gasteiger partial charge in [0.25, 0.3) is 0 Å². The van der Waals surface area contributed by atoms with E-state index < -0.39 is 0 Å². The van der Waals surface area contributed by atoms with Gasteiger partial charge in [0.1, 0.15) is 0 Å². The smallest absolute Gasteiger partial charge is 0.0468 e. The lowest BCUT2D eigenvalue weighted by Gasteiger charge is -2.26. The molecule has 0 saturated carbocycles. The Kier molecular flexibility index (Phi) is 4.05. The third-order valence-electron chi connectivity index (χ3n) is 2.08. The maximum atomic E-state index is 6.13. The standard InChI is InChI=1S/C12H17Cl2N/c1-8(15-12(2,3)4)10-6-5-9(13)7-11(10)14/h5-8,15H,1-4H3. The first-order chi connectivity index (χ1) is 6.79. The monoisotopic (exact) mass is 245 g/mol. The molecule has 0 bridgehead atoms. The fraction of sp³-hybridized carbons (Fsp3) is 0.500. The highest BCUT2D eigenvalue weighted by molar-refractivity contribution is 6.35. The molecule has 0 fully saturated rings. The van der Waals surface area contributed by atoms with Gasteiger partial charge in [-0.2, -0.15) is 0 Å². The maximum absolute atomic E-state index is 6.13. The van der Waals surface area contributed by atoms with Gasteiger partial charge in [-0.15, -0.1) is 0 Å². The molecule has 0 aliphatic carbocycles. The second kappa shape index (κ2) is 4.73. The van der Waals surface area contributed by atoms with Gasteiger partial charge in [-0.25, -0.2) is 0 Å². The van der Waals surface area contributed by atoms with Crippen LogP contribution in [0.25, 0.3) is 0 Å². The van der Waals surface area contributed by atoms with Crippen molar-refractivity contribution < 1.29 is 0 Å². The molecule has 1 aromatic carbocycles. The highest BCUT2D eigenvalue weighted by atomic mass is 35.5. The SMILES string of the molecule is CC(NC(C)(C)C)c1ccc(Cl)cc1Cl. The zero-order valence-electron chi connectivity index (χ0n) is 9.57. The first kappa shape index (κ1) is 12.8. The van der Waals surface area contributed by atoms with E-state index in [9.17, 15) is 0 Å². The lowest BCUT2D eigenvalue weighted by molar-refractivity contribution is 0.378. The van der Waals surface area contributed by atoms with Crippen molar-refractivity contribution in [1.29, 1.82) is 0 Å². The van der Waals surface area contributed by atoms with E-state index in [2.05, 4.69) is 33.0 Å². The summed E-state index contributed by atoms with van der Waals surface area (Å²) in [6.45, 7) is 8.49. The Morgan fingerprint density at radius 1 is 1.20 bits per heavy atom. The van der Waals surface area contributed by atoms with Crippen molar-refractivity contribution in [2.75, 3.05) is 0 Å². The molecule has 1 N–H and O–H groups in total. The van der Waals surface area contributed by atoms with Gasteiger partial charge in [0.15, 0.2) is 0 Å². The van der Waals surface area contributed by atoms with E-state index in [1.807, 2.05) is 12.1 Å². The topological polar surface area (TPSA) is 12.0 Å². The Morgan fingerprint density at radius 2 is 1.80 bits per heavy atom. The molecule has 1 aromatic rings. The van der Waals surface area contributed by atoms with Crippen molar-refractivity contribution in [3.05, 3.63) is 33.8 Å². The molecule has 0 saturated heterocycles. The first-order valence-electron chi connectivity index (χ1n) is 5.02. The third kappa shape index (κ3) is 4.02. The number of hydrogen-bond donors (Lipinski definition) is 1. The quantitative estimate of drug-likeness (QED) is 0.813. The van der Waals surface area contributed by atoms with E-state index >= 15 is 0 Å². The molecule has 0 aliphatic heterocycles. The van der Waals surface area contributed by atoms with Crippen molar-refractivity contribution in [3.63, 3.8) is 0 Å². The van der Waals surface area contributed by atoms with Gasteiger partial charge in [0.05, 0.1) is 0 Å². The van der Waals surface area contributed by atoms with E-state index in [0.29, 0.717) is 10.0 Å². The van der Waals surface area contributed by atoms with Crippen LogP contribution in [0.1, 0.15) is 39.3 Å². The summed E-state index contributed by atoms with van der Waals surface area (Å²) in [5.74, 6) is 0. The molecule has 1 nitrogen and oxygen atoms in total. The minimum atomic E-state index is 0.0718. The molecule has 0 radical (unpaired) electrons. The average molecular weight is 246 g/mol. The minimum absolute atomic E-state index is 0.0718. The van der Waals surface area contributed by atoms with Crippen LogP contribution in [0, 0.1) is 0 Å². The van der Waals surface area contributed by atoms with E-state index in [1.165, 1.54) is 0 Å². The van der Waals surface area contributed by atoms with Crippen LogP contribution in [0.3, 0.4) is 0 Å². The summed E-state index contributed by atoms with van der Waals surface area (Å²) in [5, 5.41) is 4.86. The Labute approximate surface area is 102 Å². The van der Waals surface area contributed by atoms with Crippen LogP contribution in [-0.2, 0) is 0 Å². The summed E-state index contributed by atoms with van der Waals surface area (Å²) >= 11 is 12.0. The second-order valence-corrected chi connectivity index (χ2v) is 5.63. The van der Waals surface area contributed by atoms with Gasteiger partial charge in [0, 0.05) is 21.6 Å². The Hall–Kier alpha value is -0.240. The Morgan fingerprint density at radius 3 is 2.27 bits per heavy atom. The number of rotatable bonds is 2. The van der Waals surface area contributed by atoms with E-state index in [4.69, 9.17) is 23.2 Å². The fourth-order valence-corrected chi connectivity index (χ4v) is 2.15. The van der Waals surface area contributed by atoms with Crippen LogP contribution >= 0.6 is 23.2 Å². The largest absolute Gasteiger partial charge is 0.305 e. The van der Waals surface area contributed by atoms with Crippen molar-refractivity contribution in [1.82, 2.24) is 5.32 Å². The third-order valence-corrected chi connectivity index (χ3v) is 2.64. The molecule has 1 atom stereocenters. The van der Waals surface area contributed by atoms with Crippen molar-refractivity contribution in [2.24, 2.45) is 0 Å². The number of hydrogen-bond acceptors (Lipinski definition) is 1. The van der Waals surface area contributed by atoms with Gasteiger partial charge >= 0.3 is 0 Å². The molecule has 15 heavy (non-hydrogen) atoms. The summed E-state index contributed by atoms with van der Waals surface area (Å²) in [6, 6.07) is 5.83. The van der Waals surface area contributed by atoms with E-state index in [1.54, 1.807) is 6.07 Å². The Balaban J connectivity index is 2.87. The van der Waals surface area contributed by atoms with Crippen LogP contribution in [0.15, 0.2) is 18.2 Å². The maximum Gasteiger partial charge on any atom is 0.0468 e. The molecule has 84 valence electrons. The molecule has 1 unspecified atom stereocenters. The number of nitrogens with one attached hydrogen (secondary N) is 1. The predicted octanol–water partition coefficient (Wildman–Crippen LogP) is 4.44. The van der Waals surface area contributed by atoms with Gasteiger partial charge < -0.3 is 5.32 Å². The van der Waals surface area contributed by atoms with Crippen molar-refractivity contribution in [3.8, 4) is 0 Å². The second-order valence-electron chi connectivity index (χ2n) is 4.78. The van der Waals surface area contributed by atoms with Gasteiger partial charge in [-0.3, -0.25) is 0 Å². The lowest BCUT2D eigenvalue weighted by Crippen LogP contribution is -2.37. The summed E-state index contributed by atoms with van der Waals surface area (Å²) in [6.07, 6.45) is 0. The summed E-state index contributed by atoms with van der Waals surface area (Å²) < 4.78 is 0. The van der Waals surface area contributed by atoms with Crippen LogP contribution < -0.4 is 5.32 Å². The molecular formula is C12H17Cl2N. The molecule has 3 heteroatoms. The summed E-state index contributed by atoms with van der Waals surface area (Å²) in [7, 11) is 0. The van der Waals surface area contributed by atoms with Gasteiger partial charge in [-0.1, -0.05) is 29.3 Å². The summed E-state index contributed by atoms with van der Waals surface area (Å²) in [4.78, 5) is 0. The summed E-state index contributed by atoms with van der Waals surface area (Å²) in [5.41, 5.74) is 1.15.